The van der Waals surface area contributed by atoms with Crippen molar-refractivity contribution in [2.75, 3.05) is 16.6 Å². The smallest absolute Gasteiger partial charge is 0.236 e. The van der Waals surface area contributed by atoms with E-state index in [9.17, 15) is 4.79 Å². The van der Waals surface area contributed by atoms with Crippen molar-refractivity contribution in [3.63, 3.8) is 0 Å². The molecular formula is C18H22BrN3O2S2. The summed E-state index contributed by atoms with van der Waals surface area (Å²) in [6.07, 6.45) is 2.53. The van der Waals surface area contributed by atoms with Gasteiger partial charge in [0.25, 0.3) is 0 Å². The van der Waals surface area contributed by atoms with E-state index >= 15 is 0 Å². The Morgan fingerprint density at radius 2 is 2.23 bits per heavy atom. The molecule has 140 valence electrons. The summed E-state index contributed by atoms with van der Waals surface area (Å²) in [5.74, 6) is 0.606. The quantitative estimate of drug-likeness (QED) is 0.518. The van der Waals surface area contributed by atoms with E-state index in [1.54, 1.807) is 11.9 Å². The van der Waals surface area contributed by atoms with Crippen LogP contribution in [0.5, 0.6) is 5.75 Å². The van der Waals surface area contributed by atoms with E-state index in [4.69, 9.17) is 4.74 Å². The molecule has 1 aromatic heterocycles. The zero-order valence-corrected chi connectivity index (χ0v) is 18.2. The molecule has 0 radical (unpaired) electrons. The molecule has 26 heavy (non-hydrogen) atoms. The molecule has 8 heteroatoms. The van der Waals surface area contributed by atoms with E-state index in [1.807, 2.05) is 44.4 Å². The zero-order valence-electron chi connectivity index (χ0n) is 15.0. The Morgan fingerprint density at radius 3 is 2.92 bits per heavy atom. The van der Waals surface area contributed by atoms with Gasteiger partial charge in [0.15, 0.2) is 5.13 Å². The van der Waals surface area contributed by atoms with Gasteiger partial charge in [-0.25, -0.2) is 4.98 Å². The van der Waals surface area contributed by atoms with Gasteiger partial charge in [0.05, 0.1) is 22.2 Å². The third kappa shape index (κ3) is 4.72. The number of nitrogens with one attached hydrogen (secondary N) is 2. The van der Waals surface area contributed by atoms with Crippen molar-refractivity contribution in [3.05, 3.63) is 33.7 Å². The van der Waals surface area contributed by atoms with Crippen molar-refractivity contribution >= 4 is 55.9 Å². The number of halogens is 1. The number of amides is 1. The molecule has 0 saturated heterocycles. The highest BCUT2D eigenvalue weighted by atomic mass is 79.9. The highest BCUT2D eigenvalue weighted by molar-refractivity contribution is 9.10. The summed E-state index contributed by atoms with van der Waals surface area (Å²) in [7, 11) is 0. The minimum atomic E-state index is -0.737. The first-order valence-corrected chi connectivity index (χ1v) is 11.1. The Morgan fingerprint density at radius 1 is 1.46 bits per heavy atom. The summed E-state index contributed by atoms with van der Waals surface area (Å²) in [5.41, 5.74) is 0.730. The number of hydrogen-bond donors (Lipinski definition) is 2. The van der Waals surface area contributed by atoms with E-state index in [1.165, 1.54) is 24.2 Å². The lowest BCUT2D eigenvalue weighted by atomic mass is 9.89. The first kappa shape index (κ1) is 19.5. The van der Waals surface area contributed by atoms with Gasteiger partial charge in [-0.15, -0.1) is 11.3 Å². The number of aromatic nitrogens is 1. The van der Waals surface area contributed by atoms with Gasteiger partial charge >= 0.3 is 0 Å². The van der Waals surface area contributed by atoms with Crippen LogP contribution >= 0.6 is 39.2 Å². The van der Waals surface area contributed by atoms with Gasteiger partial charge in [0.1, 0.15) is 5.75 Å². The zero-order chi connectivity index (χ0) is 18.7. The fraction of sp³-hybridized carbons (Fsp3) is 0.444. The highest BCUT2D eigenvalue weighted by Crippen LogP contribution is 2.36. The van der Waals surface area contributed by atoms with Crippen molar-refractivity contribution in [1.82, 2.24) is 4.98 Å². The largest absolute Gasteiger partial charge is 0.493 e. The summed E-state index contributed by atoms with van der Waals surface area (Å²) in [6.45, 7) is 6.26. The van der Waals surface area contributed by atoms with Gasteiger partial charge in [-0.2, -0.15) is 0 Å². The number of ether oxygens (including phenoxy) is 1. The van der Waals surface area contributed by atoms with Crippen LogP contribution in [0.3, 0.4) is 0 Å². The molecule has 0 bridgehead atoms. The van der Waals surface area contributed by atoms with Crippen molar-refractivity contribution in [3.8, 4) is 5.75 Å². The third-order valence-electron chi connectivity index (χ3n) is 4.04. The van der Waals surface area contributed by atoms with E-state index in [0.29, 0.717) is 23.3 Å². The maximum absolute atomic E-state index is 12.8. The number of benzene rings is 1. The molecule has 0 spiro atoms. The summed E-state index contributed by atoms with van der Waals surface area (Å²) in [4.78, 5) is 17.4. The number of carbonyl (C=O) groups excluding carboxylic acids is 1. The molecule has 1 aliphatic rings. The maximum Gasteiger partial charge on any atom is 0.236 e. The molecule has 0 unspecified atom stereocenters. The normalized spacial score (nSPS) is 14.2. The topological polar surface area (TPSA) is 63.2 Å². The number of thiazole rings is 1. The summed E-state index contributed by atoms with van der Waals surface area (Å²) in [5, 5.41) is 6.47. The molecule has 1 saturated carbocycles. The second-order valence-electron chi connectivity index (χ2n) is 6.61. The van der Waals surface area contributed by atoms with Crippen LogP contribution in [0.1, 0.15) is 39.3 Å². The predicted octanol–water partition coefficient (Wildman–Crippen LogP) is 5.44. The number of carbonyl (C=O) groups is 1. The van der Waals surface area contributed by atoms with Crippen LogP contribution in [-0.2, 0) is 10.2 Å². The number of rotatable bonds is 8. The van der Waals surface area contributed by atoms with Crippen LogP contribution in [-0.4, -0.2) is 22.7 Å². The molecule has 1 aromatic carbocycles. The minimum absolute atomic E-state index is 0.103. The number of nitrogens with zero attached hydrogens (tertiary/aromatic N) is 1. The van der Waals surface area contributed by atoms with Crippen LogP contribution in [0.25, 0.3) is 0 Å². The predicted molar refractivity (Wildman–Crippen MR) is 113 cm³/mol. The Hall–Kier alpha value is -1.25. The summed E-state index contributed by atoms with van der Waals surface area (Å²) < 4.78 is 9.71. The van der Waals surface area contributed by atoms with Gasteiger partial charge in [0.2, 0.25) is 5.91 Å². The second-order valence-corrected chi connectivity index (χ2v) is 9.43. The van der Waals surface area contributed by atoms with Crippen molar-refractivity contribution in [2.24, 2.45) is 0 Å². The third-order valence-corrected chi connectivity index (χ3v) is 6.70. The summed E-state index contributed by atoms with van der Waals surface area (Å²) in [6, 6.07) is 5.54. The van der Waals surface area contributed by atoms with Gasteiger partial charge in [-0.05, 0) is 73.6 Å². The number of anilines is 2. The molecule has 2 N–H and O–H groups in total. The molecule has 0 atom stereocenters. The van der Waals surface area contributed by atoms with E-state index in [2.05, 4.69) is 31.0 Å². The molecular weight excluding hydrogens is 434 g/mol. The van der Waals surface area contributed by atoms with Crippen LogP contribution < -0.4 is 14.8 Å². The van der Waals surface area contributed by atoms with Gasteiger partial charge in [0, 0.05) is 22.4 Å². The number of hydrogen-bond acceptors (Lipinski definition) is 6. The Kier molecular flexibility index (Phi) is 6.14. The monoisotopic (exact) mass is 455 g/mol. The second kappa shape index (κ2) is 8.19. The molecule has 1 aliphatic carbocycles. The molecule has 2 aromatic rings. The molecule has 1 heterocycles. The molecule has 3 rings (SSSR count). The molecule has 5 nitrogen and oxygen atoms in total. The first-order valence-electron chi connectivity index (χ1n) is 8.51. The van der Waals surface area contributed by atoms with Gasteiger partial charge in [-0.3, -0.25) is 4.79 Å². The molecule has 1 amide bonds. The van der Waals surface area contributed by atoms with E-state index in [-0.39, 0.29) is 5.91 Å². The molecule has 0 aliphatic heterocycles. The Bertz CT molecular complexity index is 790. The standard InChI is InChI=1S/C18H22BrN3O2S2/c1-4-24-14-9-11(5-8-13(14)19)20-16(23)18(2,3)15-10-25-17(21-15)22-26-12-6-7-12/h5,8-10,12H,4,6-7H2,1-3H3,(H,20,23)(H,21,22). The van der Waals surface area contributed by atoms with Crippen LogP contribution in [0, 0.1) is 0 Å². The first-order chi connectivity index (χ1) is 12.4. The molecule has 1 fully saturated rings. The Labute approximate surface area is 170 Å². The van der Waals surface area contributed by atoms with E-state index < -0.39 is 5.41 Å². The average molecular weight is 456 g/mol. The van der Waals surface area contributed by atoms with Gasteiger partial charge < -0.3 is 14.8 Å². The van der Waals surface area contributed by atoms with Crippen LogP contribution in [0.4, 0.5) is 10.8 Å². The Balaban J connectivity index is 1.68. The van der Waals surface area contributed by atoms with Crippen molar-refractivity contribution in [2.45, 2.75) is 44.3 Å². The SMILES string of the molecule is CCOc1cc(NC(=O)C(C)(C)c2csc(NSC3CC3)n2)ccc1Br. The lowest BCUT2D eigenvalue weighted by molar-refractivity contribution is -0.120. The minimum Gasteiger partial charge on any atom is -0.493 e. The lowest BCUT2D eigenvalue weighted by Crippen LogP contribution is -2.35. The van der Waals surface area contributed by atoms with Crippen LogP contribution in [0.15, 0.2) is 28.1 Å². The summed E-state index contributed by atoms with van der Waals surface area (Å²) >= 11 is 6.70. The lowest BCUT2D eigenvalue weighted by Gasteiger charge is -2.22. The fourth-order valence-electron chi connectivity index (χ4n) is 2.18. The van der Waals surface area contributed by atoms with Crippen molar-refractivity contribution in [1.29, 1.82) is 0 Å². The highest BCUT2D eigenvalue weighted by Gasteiger charge is 2.33. The van der Waals surface area contributed by atoms with Crippen LogP contribution in [0.2, 0.25) is 0 Å². The van der Waals surface area contributed by atoms with Gasteiger partial charge in [-0.1, -0.05) is 0 Å². The maximum atomic E-state index is 12.8. The van der Waals surface area contributed by atoms with E-state index in [0.717, 1.165) is 15.3 Å². The van der Waals surface area contributed by atoms with Crippen molar-refractivity contribution < 1.29 is 9.53 Å². The average Bonchev–Trinajstić information content (AvgIpc) is 3.31. The fourth-order valence-corrected chi connectivity index (χ4v) is 4.28.